The molecule has 0 aliphatic carbocycles. The molecule has 0 radical (unpaired) electrons. The van der Waals surface area contributed by atoms with Gasteiger partial charge in [0.1, 0.15) is 0 Å². The Bertz CT molecular complexity index is 428. The van der Waals surface area contributed by atoms with Crippen molar-refractivity contribution >= 4 is 6.21 Å². The monoisotopic (exact) mass is 356 g/mol. The molecule has 0 aromatic carbocycles. The second-order valence-electron chi connectivity index (χ2n) is 6.12. The van der Waals surface area contributed by atoms with E-state index in [2.05, 4.69) is 12.1 Å². The minimum Gasteiger partial charge on any atom is -1.00 e. The Hall–Kier alpha value is -1.13. The largest absolute Gasteiger partial charge is 1.00 e. The highest BCUT2D eigenvalue weighted by Gasteiger charge is 2.01. The van der Waals surface area contributed by atoms with Gasteiger partial charge in [-0.25, -0.2) is 0 Å². The van der Waals surface area contributed by atoms with Crippen molar-refractivity contribution in [1.29, 1.82) is 0 Å². The molecule has 0 aliphatic rings. The summed E-state index contributed by atoms with van der Waals surface area (Å²) in [6.07, 6.45) is 18.7. The van der Waals surface area contributed by atoms with Crippen LogP contribution < -0.4 is 17.0 Å². The summed E-state index contributed by atoms with van der Waals surface area (Å²) in [5.74, 6) is 0. The van der Waals surface area contributed by atoms with Crippen LogP contribution in [0, 0.1) is 0 Å². The molecular weight excluding hydrogens is 324 g/mol. The molecule has 0 fully saturated rings. The normalized spacial score (nSPS) is 10.9. The quantitative estimate of drug-likeness (QED) is 0.181. The van der Waals surface area contributed by atoms with Gasteiger partial charge in [0.25, 0.3) is 6.73 Å². The van der Waals surface area contributed by atoms with Crippen molar-refractivity contribution in [3.05, 3.63) is 30.1 Å². The average Bonchev–Trinajstić information content (AvgIpc) is 2.56. The third-order valence-corrected chi connectivity index (χ3v) is 3.97. The van der Waals surface area contributed by atoms with Gasteiger partial charge in [0.2, 0.25) is 0 Å². The van der Waals surface area contributed by atoms with E-state index in [0.717, 1.165) is 18.6 Å². The van der Waals surface area contributed by atoms with E-state index in [1.165, 1.54) is 64.0 Å². The Labute approximate surface area is 153 Å². The van der Waals surface area contributed by atoms with Gasteiger partial charge in [0, 0.05) is 6.07 Å². The van der Waals surface area contributed by atoms with Gasteiger partial charge in [-0.3, -0.25) is 0 Å². The zero-order valence-electron chi connectivity index (χ0n) is 15.0. The number of pyridine rings is 1. The topological polar surface area (TPSA) is 45.7 Å². The molecule has 0 amide bonds. The number of hydrogen-bond acceptors (Lipinski definition) is 3. The van der Waals surface area contributed by atoms with Gasteiger partial charge in [-0.05, 0) is 12.5 Å². The molecule has 4 nitrogen and oxygen atoms in total. The lowest BCUT2D eigenvalue weighted by atomic mass is 10.1. The molecular formula is C19H33ClN2O2. The second kappa shape index (κ2) is 16.7. The molecule has 1 aromatic heterocycles. The van der Waals surface area contributed by atoms with Crippen molar-refractivity contribution in [2.24, 2.45) is 5.16 Å². The Kier molecular flexibility index (Phi) is 15.9. The first-order valence-electron chi connectivity index (χ1n) is 9.11. The van der Waals surface area contributed by atoms with Crippen LogP contribution in [0.3, 0.4) is 0 Å². The van der Waals surface area contributed by atoms with Crippen molar-refractivity contribution in [1.82, 2.24) is 0 Å². The van der Waals surface area contributed by atoms with E-state index in [1.54, 1.807) is 0 Å². The maximum Gasteiger partial charge on any atom is 0.252 e. The number of ether oxygens (including phenoxy) is 1. The van der Waals surface area contributed by atoms with Crippen LogP contribution in [0.2, 0.25) is 0 Å². The molecule has 0 saturated heterocycles. The Morgan fingerprint density at radius 2 is 1.67 bits per heavy atom. The highest BCUT2D eigenvalue weighted by Crippen LogP contribution is 2.10. The minimum absolute atomic E-state index is 0. The van der Waals surface area contributed by atoms with Crippen molar-refractivity contribution in [2.45, 2.75) is 77.9 Å². The van der Waals surface area contributed by atoms with E-state index in [4.69, 9.17) is 9.94 Å². The molecule has 0 saturated carbocycles. The third-order valence-electron chi connectivity index (χ3n) is 3.97. The van der Waals surface area contributed by atoms with Crippen molar-refractivity contribution in [3.8, 4) is 0 Å². The number of halogens is 1. The van der Waals surface area contributed by atoms with Crippen molar-refractivity contribution in [3.63, 3.8) is 0 Å². The average molecular weight is 357 g/mol. The van der Waals surface area contributed by atoms with E-state index >= 15 is 0 Å². The molecule has 1 aromatic rings. The summed E-state index contributed by atoms with van der Waals surface area (Å²) in [4.78, 5) is 0. The predicted octanol–water partition coefficient (Wildman–Crippen LogP) is 1.68. The smallest absolute Gasteiger partial charge is 0.252 e. The van der Waals surface area contributed by atoms with Crippen LogP contribution in [-0.2, 0) is 11.5 Å². The SMILES string of the molecule is CCCCCCCCCCCCOC[n+]1cccc(/C=N/O)c1.[Cl-]. The standard InChI is InChI=1S/C19H32N2O2.ClH/c1-2-3-4-5-6-7-8-9-10-11-15-23-18-21-14-12-13-19(17-21)16-20-22;/h12-14,16-17H,2-11,15,18H2,1H3;1H/b20-16+;. The lowest BCUT2D eigenvalue weighted by Crippen LogP contribution is -3.00. The fraction of sp³-hybridized carbons (Fsp3) is 0.684. The molecule has 0 spiro atoms. The number of aromatic nitrogens is 1. The van der Waals surface area contributed by atoms with E-state index in [9.17, 15) is 0 Å². The molecule has 1 N–H and O–H groups in total. The van der Waals surface area contributed by atoms with E-state index < -0.39 is 0 Å². The van der Waals surface area contributed by atoms with Gasteiger partial charge >= 0.3 is 0 Å². The van der Waals surface area contributed by atoms with Crippen LogP contribution in [0.5, 0.6) is 0 Å². The predicted molar refractivity (Wildman–Crippen MR) is 93.8 cm³/mol. The van der Waals surface area contributed by atoms with Gasteiger partial charge < -0.3 is 22.4 Å². The molecule has 24 heavy (non-hydrogen) atoms. The first kappa shape index (κ1) is 22.9. The van der Waals surface area contributed by atoms with Gasteiger partial charge in [-0.15, -0.1) is 0 Å². The van der Waals surface area contributed by atoms with Crippen LogP contribution in [0.15, 0.2) is 29.7 Å². The second-order valence-corrected chi connectivity index (χ2v) is 6.12. The Morgan fingerprint density at radius 3 is 2.29 bits per heavy atom. The van der Waals surface area contributed by atoms with Gasteiger partial charge in [-0.1, -0.05) is 69.9 Å². The fourth-order valence-electron chi connectivity index (χ4n) is 2.63. The molecule has 5 heteroatoms. The van der Waals surface area contributed by atoms with Crippen LogP contribution in [-0.4, -0.2) is 18.0 Å². The maximum absolute atomic E-state index is 8.53. The molecule has 1 rings (SSSR count). The number of hydrogen-bond donors (Lipinski definition) is 1. The van der Waals surface area contributed by atoms with Crippen molar-refractivity contribution in [2.75, 3.05) is 6.61 Å². The molecule has 0 aliphatic heterocycles. The van der Waals surface area contributed by atoms with Crippen LogP contribution >= 0.6 is 0 Å². The maximum atomic E-state index is 8.53. The van der Waals surface area contributed by atoms with Gasteiger partial charge in [0.05, 0.1) is 18.4 Å². The summed E-state index contributed by atoms with van der Waals surface area (Å²) < 4.78 is 7.63. The molecule has 1 heterocycles. The van der Waals surface area contributed by atoms with E-state index in [-0.39, 0.29) is 12.4 Å². The van der Waals surface area contributed by atoms with Crippen LogP contribution in [0.4, 0.5) is 0 Å². The summed E-state index contributed by atoms with van der Waals surface area (Å²) in [5.41, 5.74) is 0.859. The summed E-state index contributed by atoms with van der Waals surface area (Å²) in [7, 11) is 0. The molecule has 138 valence electrons. The third kappa shape index (κ3) is 12.3. The molecule has 0 unspecified atom stereocenters. The Morgan fingerprint density at radius 1 is 1.04 bits per heavy atom. The first-order chi connectivity index (χ1) is 11.4. The zero-order chi connectivity index (χ0) is 16.6. The highest BCUT2D eigenvalue weighted by atomic mass is 35.5. The van der Waals surface area contributed by atoms with E-state index in [0.29, 0.717) is 6.73 Å². The highest BCUT2D eigenvalue weighted by molar-refractivity contribution is 5.77. The Balaban J connectivity index is 0.00000529. The van der Waals surface area contributed by atoms with E-state index in [1.807, 2.05) is 29.1 Å². The minimum atomic E-state index is 0. The molecule has 0 bridgehead atoms. The summed E-state index contributed by atoms with van der Waals surface area (Å²) >= 11 is 0. The summed E-state index contributed by atoms with van der Waals surface area (Å²) in [5, 5.41) is 11.6. The van der Waals surface area contributed by atoms with Gasteiger partial charge in [0.15, 0.2) is 12.4 Å². The lowest BCUT2D eigenvalue weighted by molar-refractivity contribution is -0.732. The lowest BCUT2D eigenvalue weighted by Gasteiger charge is -2.03. The number of oxime groups is 1. The van der Waals surface area contributed by atoms with Crippen LogP contribution in [0.1, 0.15) is 76.7 Å². The fourth-order valence-corrected chi connectivity index (χ4v) is 2.63. The van der Waals surface area contributed by atoms with Gasteiger partial charge in [-0.2, -0.15) is 4.57 Å². The van der Waals surface area contributed by atoms with Crippen molar-refractivity contribution < 1.29 is 26.9 Å². The zero-order valence-corrected chi connectivity index (χ0v) is 15.8. The number of nitrogens with zero attached hydrogens (tertiary/aromatic N) is 2. The number of unbranched alkanes of at least 4 members (excludes halogenated alkanes) is 9. The van der Waals surface area contributed by atoms with Crippen LogP contribution in [0.25, 0.3) is 0 Å². The first-order valence-corrected chi connectivity index (χ1v) is 9.11. The molecule has 0 atom stereocenters. The summed E-state index contributed by atoms with van der Waals surface area (Å²) in [6, 6.07) is 3.80. The number of rotatable bonds is 14. The summed E-state index contributed by atoms with van der Waals surface area (Å²) in [6.45, 7) is 3.62.